The van der Waals surface area contributed by atoms with Gasteiger partial charge in [-0.15, -0.1) is 0 Å². The Bertz CT molecular complexity index is 885. The Kier molecular flexibility index (Phi) is 10.9. The first kappa shape index (κ1) is 30.9. The summed E-state index contributed by atoms with van der Waals surface area (Å²) >= 11 is 0. The van der Waals surface area contributed by atoms with Crippen molar-refractivity contribution < 1.29 is 36.7 Å². The van der Waals surface area contributed by atoms with Gasteiger partial charge in [0, 0.05) is 12.6 Å². The number of carbonyl (C=O) groups excluding carboxylic acids is 2. The largest absolute Gasteiger partial charge is 0.497 e. The van der Waals surface area contributed by atoms with E-state index in [-0.39, 0.29) is 19.6 Å². The standard InChI is InChI=1S/C26H41F3N2O5Si/c1-8-37(9-2,10-3)35-17-23-22(15-19(6)31(23)25(33)36-18(4)5)30(24(32)26(27,28)29)16-20-11-13-21(34-7)14-12-20/h11-14,18-19,22-23H,8-10,15-17H2,1-7H3/t19-,22-,23-/m0/s1. The number of hydrogen-bond donors (Lipinski definition) is 0. The molecule has 1 saturated heterocycles. The highest BCUT2D eigenvalue weighted by molar-refractivity contribution is 6.73. The minimum Gasteiger partial charge on any atom is -0.497 e. The van der Waals surface area contributed by atoms with E-state index in [9.17, 15) is 22.8 Å². The molecular formula is C26H41F3N2O5Si. The summed E-state index contributed by atoms with van der Waals surface area (Å²) in [6.07, 6.45) is -5.90. The van der Waals surface area contributed by atoms with Gasteiger partial charge in [-0.1, -0.05) is 32.9 Å². The second-order valence-electron chi connectivity index (χ2n) is 9.89. The van der Waals surface area contributed by atoms with E-state index in [4.69, 9.17) is 13.9 Å². The number of nitrogens with zero attached hydrogens (tertiary/aromatic N) is 2. The molecule has 0 bridgehead atoms. The summed E-state index contributed by atoms with van der Waals surface area (Å²) in [4.78, 5) is 28.2. The summed E-state index contributed by atoms with van der Waals surface area (Å²) in [7, 11) is -0.638. The quantitative estimate of drug-likeness (QED) is 0.319. The molecule has 7 nitrogen and oxygen atoms in total. The van der Waals surface area contributed by atoms with E-state index in [2.05, 4.69) is 20.8 Å². The van der Waals surface area contributed by atoms with Crippen LogP contribution in [0.1, 0.15) is 53.5 Å². The Labute approximate surface area is 219 Å². The van der Waals surface area contributed by atoms with Crippen molar-refractivity contribution in [2.24, 2.45) is 0 Å². The molecule has 2 amide bonds. The predicted octanol–water partition coefficient (Wildman–Crippen LogP) is 5.98. The van der Waals surface area contributed by atoms with Gasteiger partial charge in [-0.3, -0.25) is 9.69 Å². The number of likely N-dealkylation sites (tertiary alicyclic amines) is 1. The summed E-state index contributed by atoms with van der Waals surface area (Å²) in [6, 6.07) is 6.97. The van der Waals surface area contributed by atoms with E-state index in [1.807, 2.05) is 0 Å². The Balaban J connectivity index is 2.50. The van der Waals surface area contributed by atoms with Crippen LogP contribution in [0.25, 0.3) is 0 Å². The molecule has 11 heteroatoms. The second-order valence-corrected chi connectivity index (χ2v) is 14.7. The lowest BCUT2D eigenvalue weighted by Gasteiger charge is -2.38. The van der Waals surface area contributed by atoms with Gasteiger partial charge in [0.25, 0.3) is 0 Å². The smallest absolute Gasteiger partial charge is 0.471 e. The molecule has 0 unspecified atom stereocenters. The van der Waals surface area contributed by atoms with Gasteiger partial charge in [-0.2, -0.15) is 13.2 Å². The lowest BCUT2D eigenvalue weighted by Crippen LogP contribution is -2.55. The minimum atomic E-state index is -5.07. The maximum Gasteiger partial charge on any atom is 0.471 e. The number of benzene rings is 1. The van der Waals surface area contributed by atoms with Crippen molar-refractivity contribution in [3.63, 3.8) is 0 Å². The van der Waals surface area contributed by atoms with Crippen LogP contribution in [0.4, 0.5) is 18.0 Å². The molecule has 0 N–H and O–H groups in total. The van der Waals surface area contributed by atoms with Crippen LogP contribution in [0.3, 0.4) is 0 Å². The van der Waals surface area contributed by atoms with E-state index in [0.717, 1.165) is 23.0 Å². The van der Waals surface area contributed by atoms with Gasteiger partial charge < -0.3 is 18.8 Å². The number of methoxy groups -OCH3 is 1. The van der Waals surface area contributed by atoms with E-state index in [1.165, 1.54) is 12.0 Å². The molecule has 1 fully saturated rings. The number of ether oxygens (including phenoxy) is 2. The zero-order chi connectivity index (χ0) is 28.0. The monoisotopic (exact) mass is 546 g/mol. The molecule has 0 spiro atoms. The van der Waals surface area contributed by atoms with Crippen LogP contribution in [0, 0.1) is 0 Å². The molecule has 1 heterocycles. The van der Waals surface area contributed by atoms with Crippen LogP contribution in [-0.2, 0) is 20.5 Å². The third-order valence-corrected chi connectivity index (χ3v) is 12.0. The fourth-order valence-electron chi connectivity index (χ4n) is 4.99. The molecule has 1 aromatic carbocycles. The van der Waals surface area contributed by atoms with Crippen molar-refractivity contribution in [3.8, 4) is 5.75 Å². The molecule has 37 heavy (non-hydrogen) atoms. The average molecular weight is 547 g/mol. The Morgan fingerprint density at radius 1 is 1.11 bits per heavy atom. The van der Waals surface area contributed by atoms with Gasteiger partial charge in [0.2, 0.25) is 0 Å². The second kappa shape index (κ2) is 13.0. The van der Waals surface area contributed by atoms with Crippen molar-refractivity contribution in [2.45, 2.75) is 103 Å². The van der Waals surface area contributed by atoms with Gasteiger partial charge in [0.1, 0.15) is 5.75 Å². The normalized spacial score (nSPS) is 20.3. The molecule has 0 aromatic heterocycles. The molecule has 0 saturated carbocycles. The first-order valence-corrected chi connectivity index (χ1v) is 15.5. The third-order valence-electron chi connectivity index (χ3n) is 7.32. The summed E-state index contributed by atoms with van der Waals surface area (Å²) in [6.45, 7) is 11.2. The van der Waals surface area contributed by atoms with Gasteiger partial charge in [0.15, 0.2) is 8.32 Å². The van der Waals surface area contributed by atoms with E-state index < -0.39 is 50.7 Å². The van der Waals surface area contributed by atoms with Gasteiger partial charge in [0.05, 0.1) is 31.9 Å². The highest BCUT2D eigenvalue weighted by Crippen LogP contribution is 2.35. The fourth-order valence-corrected chi connectivity index (χ4v) is 7.62. The van der Waals surface area contributed by atoms with Crippen molar-refractivity contribution in [2.75, 3.05) is 13.7 Å². The molecule has 0 aliphatic carbocycles. The number of halogens is 3. The lowest BCUT2D eigenvalue weighted by molar-refractivity contribution is -0.189. The Morgan fingerprint density at radius 2 is 1.68 bits per heavy atom. The zero-order valence-electron chi connectivity index (χ0n) is 22.9. The summed E-state index contributed by atoms with van der Waals surface area (Å²) in [5.41, 5.74) is 0.522. The predicted molar refractivity (Wildman–Crippen MR) is 138 cm³/mol. The molecule has 0 radical (unpaired) electrons. The Morgan fingerprint density at radius 3 is 2.14 bits per heavy atom. The van der Waals surface area contributed by atoms with Crippen LogP contribution >= 0.6 is 0 Å². The van der Waals surface area contributed by atoms with E-state index >= 15 is 0 Å². The fraction of sp³-hybridized carbons (Fsp3) is 0.692. The van der Waals surface area contributed by atoms with Crippen LogP contribution in [-0.4, -0.2) is 74.2 Å². The number of carbonyl (C=O) groups is 2. The van der Waals surface area contributed by atoms with Crippen molar-refractivity contribution in [3.05, 3.63) is 29.8 Å². The molecule has 210 valence electrons. The van der Waals surface area contributed by atoms with Crippen LogP contribution in [0.2, 0.25) is 18.1 Å². The number of alkyl halides is 3. The first-order valence-electron chi connectivity index (χ1n) is 13.0. The van der Waals surface area contributed by atoms with Crippen molar-refractivity contribution in [1.29, 1.82) is 0 Å². The van der Waals surface area contributed by atoms with Crippen molar-refractivity contribution >= 4 is 20.3 Å². The van der Waals surface area contributed by atoms with Crippen LogP contribution < -0.4 is 4.74 Å². The third kappa shape index (κ3) is 7.62. The van der Waals surface area contributed by atoms with Crippen LogP contribution in [0.15, 0.2) is 24.3 Å². The minimum absolute atomic E-state index is 0.0498. The van der Waals surface area contributed by atoms with Crippen LogP contribution in [0.5, 0.6) is 5.75 Å². The maximum absolute atomic E-state index is 13.8. The SMILES string of the molecule is CC[Si](CC)(CC)OC[C@H]1[C@@H](N(Cc2ccc(OC)cc2)C(=O)C(F)(F)F)C[C@H](C)N1C(=O)OC(C)C. The van der Waals surface area contributed by atoms with Crippen molar-refractivity contribution in [1.82, 2.24) is 9.80 Å². The summed E-state index contributed by atoms with van der Waals surface area (Å²) < 4.78 is 58.5. The van der Waals surface area contributed by atoms with E-state index in [1.54, 1.807) is 45.0 Å². The topological polar surface area (TPSA) is 68.3 Å². The van der Waals surface area contributed by atoms with E-state index in [0.29, 0.717) is 11.3 Å². The molecule has 1 aromatic rings. The van der Waals surface area contributed by atoms with Gasteiger partial charge in [-0.25, -0.2) is 4.79 Å². The highest BCUT2D eigenvalue weighted by Gasteiger charge is 2.52. The summed E-state index contributed by atoms with van der Waals surface area (Å²) in [5.74, 6) is -1.38. The molecule has 3 atom stereocenters. The summed E-state index contributed by atoms with van der Waals surface area (Å²) in [5, 5.41) is 0. The van der Waals surface area contributed by atoms with Gasteiger partial charge >= 0.3 is 18.2 Å². The molecule has 1 aliphatic heterocycles. The average Bonchev–Trinajstić information content (AvgIpc) is 3.18. The molecule has 2 rings (SSSR count). The molecule has 1 aliphatic rings. The Hall–Kier alpha value is -2.27. The number of amides is 2. The number of hydrogen-bond acceptors (Lipinski definition) is 5. The number of rotatable bonds is 11. The maximum atomic E-state index is 13.8. The molecular weight excluding hydrogens is 505 g/mol. The first-order chi connectivity index (χ1) is 17.3. The lowest BCUT2D eigenvalue weighted by atomic mass is 10.0. The zero-order valence-corrected chi connectivity index (χ0v) is 23.9. The highest BCUT2D eigenvalue weighted by atomic mass is 28.4. The van der Waals surface area contributed by atoms with Gasteiger partial charge in [-0.05, 0) is 63.0 Å².